The van der Waals surface area contributed by atoms with Crippen molar-refractivity contribution in [2.45, 2.75) is 25.9 Å². The molecule has 9 heavy (non-hydrogen) atoms. The van der Waals surface area contributed by atoms with Gasteiger partial charge in [0.25, 0.3) is 0 Å². The zero-order chi connectivity index (χ0) is 7.44. The highest BCUT2D eigenvalue weighted by Crippen LogP contribution is 1.96. The van der Waals surface area contributed by atoms with Crippen molar-refractivity contribution in [2.24, 2.45) is 0 Å². The number of likely N-dealkylation sites (N-methyl/N-ethyl adjacent to an activating group) is 2. The SMILES string of the molecule is CNC(C)C(C)N(C)C. The Bertz CT molecular complexity index is 71.3. The van der Waals surface area contributed by atoms with Crippen LogP contribution in [0.25, 0.3) is 0 Å². The maximum atomic E-state index is 3.20. The lowest BCUT2D eigenvalue weighted by Crippen LogP contribution is -2.41. The van der Waals surface area contributed by atoms with Crippen LogP contribution in [0.4, 0.5) is 0 Å². The predicted octanol–water partition coefficient (Wildman–Crippen LogP) is 0.544. The van der Waals surface area contributed by atoms with E-state index < -0.39 is 0 Å². The summed E-state index contributed by atoms with van der Waals surface area (Å²) in [7, 11) is 6.18. The minimum absolute atomic E-state index is 0.569. The van der Waals surface area contributed by atoms with E-state index in [4.69, 9.17) is 0 Å². The molecule has 0 saturated carbocycles. The van der Waals surface area contributed by atoms with E-state index in [1.165, 1.54) is 0 Å². The second-order valence-corrected chi connectivity index (χ2v) is 2.78. The molecule has 0 aliphatic heterocycles. The molecular formula is C7H18N2. The van der Waals surface area contributed by atoms with Crippen molar-refractivity contribution >= 4 is 0 Å². The molecule has 0 heterocycles. The van der Waals surface area contributed by atoms with Gasteiger partial charge in [0, 0.05) is 12.1 Å². The number of rotatable bonds is 3. The van der Waals surface area contributed by atoms with Gasteiger partial charge in [-0.2, -0.15) is 0 Å². The highest BCUT2D eigenvalue weighted by Gasteiger charge is 2.10. The third kappa shape index (κ3) is 2.82. The molecule has 0 aromatic carbocycles. The summed E-state index contributed by atoms with van der Waals surface area (Å²) in [5.41, 5.74) is 0. The third-order valence-corrected chi connectivity index (χ3v) is 1.99. The molecule has 0 bridgehead atoms. The molecule has 0 amide bonds. The Balaban J connectivity index is 3.58. The second kappa shape index (κ2) is 3.85. The van der Waals surface area contributed by atoms with Gasteiger partial charge in [0.05, 0.1) is 0 Å². The minimum Gasteiger partial charge on any atom is -0.316 e. The fourth-order valence-corrected chi connectivity index (χ4v) is 0.688. The van der Waals surface area contributed by atoms with E-state index in [9.17, 15) is 0 Å². The first-order valence-electron chi connectivity index (χ1n) is 3.43. The Kier molecular flexibility index (Phi) is 3.82. The molecule has 2 atom stereocenters. The Morgan fingerprint density at radius 2 is 1.67 bits per heavy atom. The summed E-state index contributed by atoms with van der Waals surface area (Å²) in [6.07, 6.45) is 0. The molecule has 0 spiro atoms. The van der Waals surface area contributed by atoms with Crippen molar-refractivity contribution < 1.29 is 0 Å². The Hall–Kier alpha value is -0.0800. The Morgan fingerprint density at radius 1 is 1.22 bits per heavy atom. The normalized spacial score (nSPS) is 18.0. The van der Waals surface area contributed by atoms with Crippen molar-refractivity contribution in [1.82, 2.24) is 10.2 Å². The summed E-state index contributed by atoms with van der Waals surface area (Å²) in [6.45, 7) is 4.39. The van der Waals surface area contributed by atoms with Crippen LogP contribution in [0.5, 0.6) is 0 Å². The van der Waals surface area contributed by atoms with Crippen LogP contribution in [-0.4, -0.2) is 38.1 Å². The van der Waals surface area contributed by atoms with Crippen LogP contribution >= 0.6 is 0 Å². The Labute approximate surface area is 58.2 Å². The summed E-state index contributed by atoms with van der Waals surface area (Å²) >= 11 is 0. The maximum absolute atomic E-state index is 3.20. The van der Waals surface area contributed by atoms with Crippen LogP contribution in [0.1, 0.15) is 13.8 Å². The number of hydrogen-bond acceptors (Lipinski definition) is 2. The molecule has 0 fully saturated rings. The highest BCUT2D eigenvalue weighted by atomic mass is 15.1. The number of hydrogen-bond donors (Lipinski definition) is 1. The maximum Gasteiger partial charge on any atom is 0.0212 e. The van der Waals surface area contributed by atoms with Crippen LogP contribution in [0.3, 0.4) is 0 Å². The molecule has 0 aliphatic carbocycles. The van der Waals surface area contributed by atoms with Gasteiger partial charge >= 0.3 is 0 Å². The van der Waals surface area contributed by atoms with Crippen molar-refractivity contribution in [3.8, 4) is 0 Å². The van der Waals surface area contributed by atoms with Crippen LogP contribution in [0.2, 0.25) is 0 Å². The Morgan fingerprint density at radius 3 is 1.78 bits per heavy atom. The average molecular weight is 130 g/mol. The molecule has 56 valence electrons. The van der Waals surface area contributed by atoms with E-state index in [1.54, 1.807) is 0 Å². The zero-order valence-corrected chi connectivity index (χ0v) is 7.10. The van der Waals surface area contributed by atoms with Gasteiger partial charge in [-0.15, -0.1) is 0 Å². The van der Waals surface area contributed by atoms with Gasteiger partial charge in [-0.25, -0.2) is 0 Å². The summed E-state index contributed by atoms with van der Waals surface area (Å²) in [5.74, 6) is 0. The summed E-state index contributed by atoms with van der Waals surface area (Å²) in [4.78, 5) is 2.21. The van der Waals surface area contributed by atoms with Gasteiger partial charge in [0.15, 0.2) is 0 Å². The van der Waals surface area contributed by atoms with Crippen molar-refractivity contribution in [2.75, 3.05) is 21.1 Å². The molecular weight excluding hydrogens is 112 g/mol. The van der Waals surface area contributed by atoms with Gasteiger partial charge < -0.3 is 10.2 Å². The molecule has 2 heteroatoms. The topological polar surface area (TPSA) is 15.3 Å². The minimum atomic E-state index is 0.569. The van der Waals surface area contributed by atoms with Crippen LogP contribution in [0, 0.1) is 0 Å². The lowest BCUT2D eigenvalue weighted by molar-refractivity contribution is 0.262. The number of nitrogens with one attached hydrogen (secondary N) is 1. The molecule has 0 rings (SSSR count). The van der Waals surface area contributed by atoms with E-state index in [0.717, 1.165) is 0 Å². The van der Waals surface area contributed by atoms with Crippen molar-refractivity contribution in [3.63, 3.8) is 0 Å². The van der Waals surface area contributed by atoms with Gasteiger partial charge in [0.1, 0.15) is 0 Å². The second-order valence-electron chi connectivity index (χ2n) is 2.78. The molecule has 0 aliphatic rings. The van der Waals surface area contributed by atoms with E-state index in [1.807, 2.05) is 7.05 Å². The first-order valence-corrected chi connectivity index (χ1v) is 3.43. The predicted molar refractivity (Wildman–Crippen MR) is 41.7 cm³/mol. The van der Waals surface area contributed by atoms with E-state index in [-0.39, 0.29) is 0 Å². The molecule has 1 N–H and O–H groups in total. The van der Waals surface area contributed by atoms with Crippen LogP contribution < -0.4 is 5.32 Å². The summed E-state index contributed by atoms with van der Waals surface area (Å²) in [6, 6.07) is 1.18. The fraction of sp³-hybridized carbons (Fsp3) is 1.00. The monoisotopic (exact) mass is 130 g/mol. The smallest absolute Gasteiger partial charge is 0.0212 e. The quantitative estimate of drug-likeness (QED) is 0.600. The standard InChI is InChI=1S/C7H18N2/c1-6(8-3)7(2)9(4)5/h6-8H,1-5H3. The molecule has 0 aromatic heterocycles. The molecule has 2 unspecified atom stereocenters. The molecule has 0 saturated heterocycles. The molecule has 2 nitrogen and oxygen atoms in total. The number of nitrogens with zero attached hydrogens (tertiary/aromatic N) is 1. The summed E-state index contributed by atoms with van der Waals surface area (Å²) < 4.78 is 0. The van der Waals surface area contributed by atoms with E-state index >= 15 is 0 Å². The fourth-order valence-electron chi connectivity index (χ4n) is 0.688. The van der Waals surface area contributed by atoms with E-state index in [0.29, 0.717) is 12.1 Å². The van der Waals surface area contributed by atoms with Crippen molar-refractivity contribution in [1.29, 1.82) is 0 Å². The van der Waals surface area contributed by atoms with Crippen LogP contribution in [0.15, 0.2) is 0 Å². The third-order valence-electron chi connectivity index (χ3n) is 1.99. The van der Waals surface area contributed by atoms with Gasteiger partial charge in [-0.05, 0) is 35.0 Å². The lowest BCUT2D eigenvalue weighted by Gasteiger charge is -2.25. The zero-order valence-electron chi connectivity index (χ0n) is 7.10. The summed E-state index contributed by atoms with van der Waals surface area (Å²) in [5, 5.41) is 3.20. The van der Waals surface area contributed by atoms with Gasteiger partial charge in [-0.3, -0.25) is 0 Å². The average Bonchev–Trinajstić information content (AvgIpc) is 1.84. The largest absolute Gasteiger partial charge is 0.316 e. The van der Waals surface area contributed by atoms with Gasteiger partial charge in [0.2, 0.25) is 0 Å². The van der Waals surface area contributed by atoms with Crippen LogP contribution in [-0.2, 0) is 0 Å². The molecule has 0 aromatic rings. The van der Waals surface area contributed by atoms with E-state index in [2.05, 4.69) is 38.2 Å². The van der Waals surface area contributed by atoms with Gasteiger partial charge in [-0.1, -0.05) is 0 Å². The highest BCUT2D eigenvalue weighted by molar-refractivity contribution is 4.71. The first-order chi connectivity index (χ1) is 4.09. The molecule has 0 radical (unpaired) electrons. The lowest BCUT2D eigenvalue weighted by atomic mass is 10.1. The van der Waals surface area contributed by atoms with Crippen molar-refractivity contribution in [3.05, 3.63) is 0 Å². The first kappa shape index (κ1) is 8.92.